The van der Waals surface area contributed by atoms with Crippen LogP contribution in [0.15, 0.2) is 36.4 Å². The Morgan fingerprint density at radius 2 is 2.07 bits per heavy atom. The molecule has 1 aliphatic heterocycles. The lowest BCUT2D eigenvalue weighted by atomic mass is 10.1. The molecule has 2 atom stereocenters. The number of hydrogen-bond acceptors (Lipinski definition) is 4. The van der Waals surface area contributed by atoms with Gasteiger partial charge in [0.25, 0.3) is 0 Å². The van der Waals surface area contributed by atoms with Crippen molar-refractivity contribution in [2.45, 2.75) is 76.9 Å². The minimum Gasteiger partial charge on any atom is -0.494 e. The zero-order valence-corrected chi connectivity index (χ0v) is 18.0. The molecule has 0 saturated carbocycles. The fraction of sp³-hybridized carbons (Fsp3) is 0.583. The van der Waals surface area contributed by atoms with Crippen LogP contribution in [0.1, 0.15) is 76.4 Å². The van der Waals surface area contributed by atoms with Crippen LogP contribution in [0.3, 0.4) is 0 Å². The first-order valence-electron chi connectivity index (χ1n) is 11.1. The second-order valence-electron chi connectivity index (χ2n) is 7.86. The Hall–Kier alpha value is -2.34. The fourth-order valence-corrected chi connectivity index (χ4v) is 3.63. The van der Waals surface area contributed by atoms with Gasteiger partial charge in [-0.05, 0) is 43.4 Å². The van der Waals surface area contributed by atoms with E-state index in [1.807, 2.05) is 35.2 Å². The van der Waals surface area contributed by atoms with Gasteiger partial charge in [0, 0.05) is 19.4 Å². The highest BCUT2D eigenvalue weighted by atomic mass is 16.5. The molecule has 0 radical (unpaired) electrons. The van der Waals surface area contributed by atoms with Crippen molar-refractivity contribution in [1.82, 2.24) is 4.90 Å². The van der Waals surface area contributed by atoms with Gasteiger partial charge in [-0.1, -0.05) is 50.5 Å². The largest absolute Gasteiger partial charge is 0.494 e. The summed E-state index contributed by atoms with van der Waals surface area (Å²) in [5.41, 5.74) is 0.773. The molecule has 6 heteroatoms. The van der Waals surface area contributed by atoms with Crippen molar-refractivity contribution in [3.63, 3.8) is 0 Å². The molecule has 1 aliphatic rings. The highest BCUT2D eigenvalue weighted by Gasteiger charge is 2.28. The van der Waals surface area contributed by atoms with Crippen LogP contribution < -0.4 is 4.74 Å². The molecule has 0 aliphatic carbocycles. The standard InChI is InChI=1S/C24H35NO5/c1-2-3-17-30-21-10-8-9-19(18-21)22(26)14-12-20-13-15-23(27)25(20)16-7-5-4-6-11-24(28)29/h8-10,12,14,18,20,22,26H,2-7,11,13,15-17H2,1H3,(H,28,29)/b14-12+/t20-,22?/m0/s1. The van der Waals surface area contributed by atoms with Crippen molar-refractivity contribution >= 4 is 11.9 Å². The van der Waals surface area contributed by atoms with E-state index in [1.54, 1.807) is 6.08 Å². The fourth-order valence-electron chi connectivity index (χ4n) is 3.63. The SMILES string of the molecule is CCCCOc1cccc(C(O)/C=C/[C@H]2CCC(=O)N2CCCCCCC(=O)O)c1. The molecule has 1 fully saturated rings. The predicted octanol–water partition coefficient (Wildman–Crippen LogP) is 4.48. The van der Waals surface area contributed by atoms with E-state index in [-0.39, 0.29) is 18.4 Å². The van der Waals surface area contributed by atoms with Gasteiger partial charge in [-0.2, -0.15) is 0 Å². The van der Waals surface area contributed by atoms with E-state index < -0.39 is 12.1 Å². The van der Waals surface area contributed by atoms with Crippen LogP contribution in [0.5, 0.6) is 5.75 Å². The minimum atomic E-state index is -0.758. The first kappa shape index (κ1) is 23.9. The van der Waals surface area contributed by atoms with Crippen LogP contribution >= 0.6 is 0 Å². The van der Waals surface area contributed by atoms with Crippen molar-refractivity contribution in [1.29, 1.82) is 0 Å². The molecular formula is C24H35NO5. The third-order valence-electron chi connectivity index (χ3n) is 5.40. The second kappa shape index (κ2) is 13.1. The van der Waals surface area contributed by atoms with E-state index in [9.17, 15) is 14.7 Å². The Labute approximate surface area is 179 Å². The Bertz CT molecular complexity index is 703. The molecule has 1 saturated heterocycles. The molecule has 1 amide bonds. The van der Waals surface area contributed by atoms with Crippen molar-refractivity contribution < 1.29 is 24.5 Å². The van der Waals surface area contributed by atoms with Gasteiger partial charge in [0.15, 0.2) is 0 Å². The Balaban J connectivity index is 1.83. The molecule has 1 aromatic carbocycles. The summed E-state index contributed by atoms with van der Waals surface area (Å²) in [7, 11) is 0. The molecule has 0 bridgehead atoms. The monoisotopic (exact) mass is 417 g/mol. The van der Waals surface area contributed by atoms with Gasteiger partial charge in [-0.15, -0.1) is 0 Å². The average Bonchev–Trinajstić information content (AvgIpc) is 3.08. The summed E-state index contributed by atoms with van der Waals surface area (Å²) >= 11 is 0. The Kier molecular flexibility index (Phi) is 10.4. The number of nitrogens with zero attached hydrogens (tertiary/aromatic N) is 1. The molecule has 2 rings (SSSR count). The summed E-state index contributed by atoms with van der Waals surface area (Å²) in [6, 6.07) is 7.51. The lowest BCUT2D eigenvalue weighted by molar-refractivity contribution is -0.137. The summed E-state index contributed by atoms with van der Waals surface area (Å²) in [4.78, 5) is 24.6. The van der Waals surface area contributed by atoms with E-state index in [0.29, 0.717) is 26.0 Å². The predicted molar refractivity (Wildman–Crippen MR) is 116 cm³/mol. The van der Waals surface area contributed by atoms with Crippen molar-refractivity contribution in [2.75, 3.05) is 13.2 Å². The number of hydrogen-bond donors (Lipinski definition) is 2. The van der Waals surface area contributed by atoms with Crippen LogP contribution in [-0.4, -0.2) is 46.2 Å². The van der Waals surface area contributed by atoms with Crippen LogP contribution in [0.25, 0.3) is 0 Å². The van der Waals surface area contributed by atoms with E-state index in [1.165, 1.54) is 0 Å². The Morgan fingerprint density at radius 1 is 1.27 bits per heavy atom. The zero-order valence-electron chi connectivity index (χ0n) is 18.0. The maximum atomic E-state index is 12.2. The molecule has 1 heterocycles. The smallest absolute Gasteiger partial charge is 0.303 e. The third-order valence-corrected chi connectivity index (χ3v) is 5.40. The van der Waals surface area contributed by atoms with Crippen molar-refractivity contribution in [2.24, 2.45) is 0 Å². The van der Waals surface area contributed by atoms with Crippen LogP contribution in [0, 0.1) is 0 Å². The number of aliphatic hydroxyl groups excluding tert-OH is 1. The first-order chi connectivity index (χ1) is 14.5. The average molecular weight is 418 g/mol. The van der Waals surface area contributed by atoms with Crippen LogP contribution in [-0.2, 0) is 9.59 Å². The topological polar surface area (TPSA) is 87.1 Å². The number of carbonyl (C=O) groups excluding carboxylic acids is 1. The highest BCUT2D eigenvalue weighted by molar-refractivity contribution is 5.79. The number of amides is 1. The molecule has 1 unspecified atom stereocenters. The lowest BCUT2D eigenvalue weighted by Crippen LogP contribution is -2.32. The summed E-state index contributed by atoms with van der Waals surface area (Å²) < 4.78 is 5.71. The quantitative estimate of drug-likeness (QED) is 0.344. The lowest BCUT2D eigenvalue weighted by Gasteiger charge is -2.22. The highest BCUT2D eigenvalue weighted by Crippen LogP contribution is 2.24. The van der Waals surface area contributed by atoms with E-state index in [2.05, 4.69) is 6.92 Å². The van der Waals surface area contributed by atoms with Gasteiger partial charge in [0.05, 0.1) is 18.8 Å². The zero-order chi connectivity index (χ0) is 21.8. The van der Waals surface area contributed by atoms with E-state index in [0.717, 1.165) is 49.8 Å². The molecule has 166 valence electrons. The second-order valence-corrected chi connectivity index (χ2v) is 7.86. The number of carboxylic acids is 1. The molecule has 2 N–H and O–H groups in total. The number of carboxylic acid groups (broad SMARTS) is 1. The number of carbonyl (C=O) groups is 2. The Morgan fingerprint density at radius 3 is 2.83 bits per heavy atom. The number of aliphatic hydroxyl groups is 1. The molecule has 0 spiro atoms. The number of ether oxygens (including phenoxy) is 1. The third kappa shape index (κ3) is 8.19. The van der Waals surface area contributed by atoms with Gasteiger partial charge in [0.1, 0.15) is 5.75 Å². The molecule has 1 aromatic rings. The number of likely N-dealkylation sites (tertiary alicyclic amines) is 1. The van der Waals surface area contributed by atoms with Gasteiger partial charge in [0.2, 0.25) is 5.91 Å². The first-order valence-corrected chi connectivity index (χ1v) is 11.1. The maximum absolute atomic E-state index is 12.2. The molecule has 0 aromatic heterocycles. The minimum absolute atomic E-state index is 0.00940. The summed E-state index contributed by atoms with van der Waals surface area (Å²) in [5, 5.41) is 19.2. The van der Waals surface area contributed by atoms with Crippen LogP contribution in [0.2, 0.25) is 0 Å². The van der Waals surface area contributed by atoms with Gasteiger partial charge in [-0.25, -0.2) is 0 Å². The summed E-state index contributed by atoms with van der Waals surface area (Å²) in [6.45, 7) is 3.46. The summed E-state index contributed by atoms with van der Waals surface area (Å²) in [6.07, 6.45) is 9.86. The molecular weight excluding hydrogens is 382 g/mol. The number of rotatable bonds is 14. The number of benzene rings is 1. The van der Waals surface area contributed by atoms with Gasteiger partial charge < -0.3 is 19.8 Å². The number of unbranched alkanes of at least 4 members (excludes halogenated alkanes) is 4. The van der Waals surface area contributed by atoms with Gasteiger partial charge in [-0.3, -0.25) is 9.59 Å². The van der Waals surface area contributed by atoms with Crippen LogP contribution in [0.4, 0.5) is 0 Å². The van der Waals surface area contributed by atoms with Crippen molar-refractivity contribution in [3.05, 3.63) is 42.0 Å². The number of aliphatic carboxylic acids is 1. The van der Waals surface area contributed by atoms with Crippen molar-refractivity contribution in [3.8, 4) is 5.75 Å². The van der Waals surface area contributed by atoms with Gasteiger partial charge >= 0.3 is 5.97 Å². The van der Waals surface area contributed by atoms with E-state index >= 15 is 0 Å². The van der Waals surface area contributed by atoms with E-state index in [4.69, 9.17) is 9.84 Å². The molecule has 6 nitrogen and oxygen atoms in total. The normalized spacial score (nSPS) is 17.6. The molecule has 30 heavy (non-hydrogen) atoms. The maximum Gasteiger partial charge on any atom is 0.303 e. The summed E-state index contributed by atoms with van der Waals surface area (Å²) in [5.74, 6) is 0.150.